The summed E-state index contributed by atoms with van der Waals surface area (Å²) in [6.07, 6.45) is 0. The van der Waals surface area contributed by atoms with Gasteiger partial charge in [0.25, 0.3) is 0 Å². The standard InChI is InChI=1S/C11H19N3O4S2/c1-3-13-19(15,16)7-6-14-20(17,18)11-5-4-10(12)8-9(11)2/h4-5,8,13-14H,3,6-7,12H2,1-2H3. The van der Waals surface area contributed by atoms with Crippen LogP contribution < -0.4 is 15.2 Å². The Bertz CT molecular complexity index is 669. The second-order valence-electron chi connectivity index (χ2n) is 4.24. The molecule has 0 bridgehead atoms. The molecule has 0 heterocycles. The van der Waals surface area contributed by atoms with Crippen molar-refractivity contribution in [2.24, 2.45) is 0 Å². The van der Waals surface area contributed by atoms with Gasteiger partial charge in [0, 0.05) is 18.8 Å². The Labute approximate surface area is 119 Å². The molecule has 9 heteroatoms. The fourth-order valence-electron chi connectivity index (χ4n) is 1.65. The number of rotatable bonds is 7. The van der Waals surface area contributed by atoms with Gasteiger partial charge in [0.1, 0.15) is 0 Å². The van der Waals surface area contributed by atoms with Crippen LogP contribution in [-0.4, -0.2) is 35.7 Å². The van der Waals surface area contributed by atoms with Crippen molar-refractivity contribution < 1.29 is 16.8 Å². The van der Waals surface area contributed by atoms with E-state index in [2.05, 4.69) is 9.44 Å². The molecule has 0 aromatic heterocycles. The molecule has 0 saturated heterocycles. The highest BCUT2D eigenvalue weighted by Crippen LogP contribution is 2.17. The quantitative estimate of drug-likeness (QED) is 0.601. The average Bonchev–Trinajstić information content (AvgIpc) is 2.27. The summed E-state index contributed by atoms with van der Waals surface area (Å²) in [5.74, 6) is -0.311. The van der Waals surface area contributed by atoms with E-state index >= 15 is 0 Å². The van der Waals surface area contributed by atoms with Crippen molar-refractivity contribution >= 4 is 25.7 Å². The number of nitrogens with one attached hydrogen (secondary N) is 2. The van der Waals surface area contributed by atoms with Gasteiger partial charge in [-0.1, -0.05) is 6.92 Å². The number of benzene rings is 1. The van der Waals surface area contributed by atoms with Gasteiger partial charge in [-0.15, -0.1) is 0 Å². The third kappa shape index (κ3) is 4.75. The molecule has 0 unspecified atom stereocenters. The molecular weight excluding hydrogens is 302 g/mol. The average molecular weight is 321 g/mol. The Balaban J connectivity index is 2.76. The first-order valence-corrected chi connectivity index (χ1v) is 9.14. The maximum absolute atomic E-state index is 12.0. The molecule has 1 aromatic carbocycles. The van der Waals surface area contributed by atoms with Crippen molar-refractivity contribution in [1.29, 1.82) is 0 Å². The molecule has 0 aliphatic carbocycles. The van der Waals surface area contributed by atoms with Crippen LogP contribution in [0, 0.1) is 6.92 Å². The SMILES string of the molecule is CCNS(=O)(=O)CCNS(=O)(=O)c1ccc(N)cc1C. The minimum absolute atomic E-state index is 0.0903. The molecule has 0 radical (unpaired) electrons. The molecule has 20 heavy (non-hydrogen) atoms. The van der Waals surface area contributed by atoms with Crippen LogP contribution in [-0.2, 0) is 20.0 Å². The van der Waals surface area contributed by atoms with E-state index in [1.807, 2.05) is 0 Å². The van der Waals surface area contributed by atoms with Crippen LogP contribution >= 0.6 is 0 Å². The Hall–Kier alpha value is -1.16. The van der Waals surface area contributed by atoms with Gasteiger partial charge in [-0.2, -0.15) is 0 Å². The highest BCUT2D eigenvalue weighted by atomic mass is 32.2. The maximum Gasteiger partial charge on any atom is 0.240 e. The minimum atomic E-state index is -3.74. The van der Waals surface area contributed by atoms with Crippen LogP contribution in [0.2, 0.25) is 0 Å². The molecule has 0 aliphatic rings. The van der Waals surface area contributed by atoms with Crippen LogP contribution in [0.5, 0.6) is 0 Å². The third-order valence-corrected chi connectivity index (χ3v) is 5.61. The molecule has 4 N–H and O–H groups in total. The van der Waals surface area contributed by atoms with E-state index in [0.29, 0.717) is 11.3 Å². The van der Waals surface area contributed by atoms with Gasteiger partial charge in [-0.05, 0) is 30.7 Å². The molecule has 0 aliphatic heterocycles. The smallest absolute Gasteiger partial charge is 0.240 e. The molecular formula is C11H19N3O4S2. The van der Waals surface area contributed by atoms with Gasteiger partial charge in [-0.25, -0.2) is 26.3 Å². The fraction of sp³-hybridized carbons (Fsp3) is 0.455. The topological polar surface area (TPSA) is 118 Å². The van der Waals surface area contributed by atoms with E-state index in [1.54, 1.807) is 19.9 Å². The Kier molecular flexibility index (Phi) is 5.51. The van der Waals surface area contributed by atoms with Crippen LogP contribution in [0.1, 0.15) is 12.5 Å². The molecule has 0 spiro atoms. The van der Waals surface area contributed by atoms with Gasteiger partial charge in [0.15, 0.2) is 0 Å². The summed E-state index contributed by atoms with van der Waals surface area (Å²) in [5.41, 5.74) is 6.53. The Morgan fingerprint density at radius 3 is 2.35 bits per heavy atom. The highest BCUT2D eigenvalue weighted by molar-refractivity contribution is 7.90. The number of nitrogens with two attached hydrogens (primary N) is 1. The van der Waals surface area contributed by atoms with E-state index < -0.39 is 20.0 Å². The highest BCUT2D eigenvalue weighted by Gasteiger charge is 2.18. The zero-order chi connectivity index (χ0) is 15.4. The van der Waals surface area contributed by atoms with Crippen LogP contribution in [0.4, 0.5) is 5.69 Å². The van der Waals surface area contributed by atoms with Crippen molar-refractivity contribution in [3.63, 3.8) is 0 Å². The van der Waals surface area contributed by atoms with Crippen LogP contribution in [0.3, 0.4) is 0 Å². The predicted octanol–water partition coefficient (Wildman–Crippen LogP) is -0.205. The molecule has 0 amide bonds. The molecule has 1 rings (SSSR count). The number of anilines is 1. The minimum Gasteiger partial charge on any atom is -0.399 e. The molecule has 1 aromatic rings. The summed E-state index contributed by atoms with van der Waals surface area (Å²) < 4.78 is 51.4. The summed E-state index contributed by atoms with van der Waals surface area (Å²) in [5, 5.41) is 0. The van der Waals surface area contributed by atoms with Crippen molar-refractivity contribution in [1.82, 2.24) is 9.44 Å². The lowest BCUT2D eigenvalue weighted by Crippen LogP contribution is -2.34. The predicted molar refractivity (Wildman–Crippen MR) is 78.2 cm³/mol. The third-order valence-electron chi connectivity index (χ3n) is 2.52. The fourth-order valence-corrected chi connectivity index (χ4v) is 3.99. The van der Waals surface area contributed by atoms with E-state index in [1.165, 1.54) is 12.1 Å². The largest absolute Gasteiger partial charge is 0.399 e. The van der Waals surface area contributed by atoms with Gasteiger partial charge < -0.3 is 5.73 Å². The normalized spacial score (nSPS) is 12.5. The lowest BCUT2D eigenvalue weighted by molar-refractivity contribution is 0.576. The molecule has 0 saturated carbocycles. The Morgan fingerprint density at radius 1 is 1.15 bits per heavy atom. The first-order chi connectivity index (χ1) is 9.18. The van der Waals surface area contributed by atoms with Gasteiger partial charge in [0.2, 0.25) is 20.0 Å². The lowest BCUT2D eigenvalue weighted by atomic mass is 10.2. The second kappa shape index (κ2) is 6.53. The number of hydrogen-bond donors (Lipinski definition) is 3. The molecule has 0 atom stereocenters. The number of sulfonamides is 2. The Morgan fingerprint density at radius 2 is 1.80 bits per heavy atom. The molecule has 0 fully saturated rings. The van der Waals surface area contributed by atoms with Gasteiger partial charge in [-0.3, -0.25) is 0 Å². The van der Waals surface area contributed by atoms with E-state index in [-0.39, 0.29) is 23.7 Å². The first kappa shape index (κ1) is 16.9. The first-order valence-electron chi connectivity index (χ1n) is 6.01. The van der Waals surface area contributed by atoms with Crippen molar-refractivity contribution in [3.05, 3.63) is 23.8 Å². The van der Waals surface area contributed by atoms with Crippen molar-refractivity contribution in [2.45, 2.75) is 18.7 Å². The summed E-state index contributed by atoms with van der Waals surface area (Å²) in [6, 6.07) is 4.42. The summed E-state index contributed by atoms with van der Waals surface area (Å²) in [4.78, 5) is 0.0903. The van der Waals surface area contributed by atoms with Crippen LogP contribution in [0.15, 0.2) is 23.1 Å². The summed E-state index contributed by atoms with van der Waals surface area (Å²) >= 11 is 0. The summed E-state index contributed by atoms with van der Waals surface area (Å²) in [6.45, 7) is 3.35. The van der Waals surface area contributed by atoms with E-state index in [0.717, 1.165) is 0 Å². The summed E-state index contributed by atoms with van der Waals surface area (Å²) in [7, 11) is -7.19. The van der Waals surface area contributed by atoms with E-state index in [4.69, 9.17) is 5.73 Å². The number of hydrogen-bond acceptors (Lipinski definition) is 5. The van der Waals surface area contributed by atoms with Gasteiger partial charge >= 0.3 is 0 Å². The van der Waals surface area contributed by atoms with Gasteiger partial charge in [0.05, 0.1) is 10.6 Å². The zero-order valence-corrected chi connectivity index (χ0v) is 13.0. The maximum atomic E-state index is 12.0. The number of aryl methyl sites for hydroxylation is 1. The van der Waals surface area contributed by atoms with Crippen molar-refractivity contribution in [2.75, 3.05) is 24.6 Å². The zero-order valence-electron chi connectivity index (χ0n) is 11.4. The number of nitrogen functional groups attached to an aromatic ring is 1. The molecule has 114 valence electrons. The second-order valence-corrected chi connectivity index (χ2v) is 7.90. The van der Waals surface area contributed by atoms with E-state index in [9.17, 15) is 16.8 Å². The lowest BCUT2D eigenvalue weighted by Gasteiger charge is -2.10. The molecule has 7 nitrogen and oxygen atoms in total. The van der Waals surface area contributed by atoms with Crippen molar-refractivity contribution in [3.8, 4) is 0 Å². The monoisotopic (exact) mass is 321 g/mol. The van der Waals surface area contributed by atoms with Crippen LogP contribution in [0.25, 0.3) is 0 Å².